The molecule has 0 bridgehead atoms. The summed E-state index contributed by atoms with van der Waals surface area (Å²) in [5.41, 5.74) is 6.13. The van der Waals surface area contributed by atoms with Crippen LogP contribution in [0.5, 0.6) is 0 Å². The average Bonchev–Trinajstić information content (AvgIpc) is 2.31. The minimum absolute atomic E-state index is 0.360. The highest BCUT2D eigenvalue weighted by atomic mass is 35.5. The van der Waals surface area contributed by atoms with E-state index < -0.39 is 0 Å². The second-order valence-electron chi connectivity index (χ2n) is 3.76. The van der Waals surface area contributed by atoms with Crippen LogP contribution in [0.25, 0.3) is 0 Å². The Labute approximate surface area is 100 Å². The largest absolute Gasteiger partial charge is 0.328 e. The lowest BCUT2D eigenvalue weighted by Crippen LogP contribution is -2.27. The Bertz CT molecular complexity index is 328. The first-order valence-electron chi connectivity index (χ1n) is 5.27. The molecule has 2 N–H and O–H groups in total. The van der Waals surface area contributed by atoms with E-state index in [0.717, 1.165) is 12.8 Å². The molecule has 1 aromatic rings. The van der Waals surface area contributed by atoms with Crippen LogP contribution in [0, 0.1) is 11.3 Å². The Morgan fingerprint density at radius 1 is 1.38 bits per heavy atom. The van der Waals surface area contributed by atoms with Gasteiger partial charge in [-0.1, -0.05) is 6.42 Å². The molecule has 2 atom stereocenters. The zero-order chi connectivity index (χ0) is 11.8. The van der Waals surface area contributed by atoms with Gasteiger partial charge in [0, 0.05) is 23.8 Å². The van der Waals surface area contributed by atoms with Gasteiger partial charge in [0.15, 0.2) is 0 Å². The first-order valence-corrected chi connectivity index (χ1v) is 5.70. The van der Waals surface area contributed by atoms with Gasteiger partial charge in [0.1, 0.15) is 12.4 Å². The molecule has 0 saturated heterocycles. The van der Waals surface area contributed by atoms with Gasteiger partial charge in [-0.15, -0.1) is 11.6 Å². The van der Waals surface area contributed by atoms with Gasteiger partial charge in [0.05, 0.1) is 5.56 Å². The Balaban J connectivity index is 0.000000160. The number of hydrogen-bond acceptors (Lipinski definition) is 4. The van der Waals surface area contributed by atoms with E-state index >= 15 is 0 Å². The third-order valence-electron chi connectivity index (χ3n) is 2.34. The van der Waals surface area contributed by atoms with E-state index in [1.807, 2.05) is 6.07 Å². The van der Waals surface area contributed by atoms with Crippen LogP contribution in [0.3, 0.4) is 0 Å². The zero-order valence-electron chi connectivity index (χ0n) is 9.01. The highest BCUT2D eigenvalue weighted by Gasteiger charge is 2.15. The van der Waals surface area contributed by atoms with Crippen molar-refractivity contribution in [3.8, 4) is 6.07 Å². The molecule has 16 heavy (non-hydrogen) atoms. The predicted molar refractivity (Wildman–Crippen MR) is 62.8 cm³/mol. The van der Waals surface area contributed by atoms with Gasteiger partial charge in [-0.3, -0.25) is 0 Å². The Kier molecular flexibility index (Phi) is 5.76. The summed E-state index contributed by atoms with van der Waals surface area (Å²) in [6.07, 6.45) is 8.89. The van der Waals surface area contributed by atoms with Gasteiger partial charge in [-0.2, -0.15) is 5.26 Å². The molecule has 1 saturated carbocycles. The standard InChI is InChI=1S/C6H12ClN.C5H3N3/c7-5-2-1-3-6(8)4-5;6-1-5-2-7-4-8-3-5/h5-6H,1-4,8H2;2-4H. The van der Waals surface area contributed by atoms with E-state index in [0.29, 0.717) is 17.0 Å². The number of hydrogen-bond donors (Lipinski definition) is 1. The molecule has 1 aliphatic carbocycles. The second-order valence-corrected chi connectivity index (χ2v) is 4.38. The summed E-state index contributed by atoms with van der Waals surface area (Å²) in [6.45, 7) is 0. The molecule has 5 heteroatoms. The van der Waals surface area contributed by atoms with Gasteiger partial charge in [0.2, 0.25) is 0 Å². The van der Waals surface area contributed by atoms with Crippen molar-refractivity contribution in [3.63, 3.8) is 0 Å². The Morgan fingerprint density at radius 2 is 2.06 bits per heavy atom. The number of halogens is 1. The number of nitriles is 1. The number of alkyl halides is 1. The molecule has 2 unspecified atom stereocenters. The lowest BCUT2D eigenvalue weighted by atomic mass is 9.96. The minimum Gasteiger partial charge on any atom is -0.328 e. The average molecular weight is 239 g/mol. The third kappa shape index (κ3) is 5.06. The fourth-order valence-corrected chi connectivity index (χ4v) is 1.91. The molecule has 0 spiro atoms. The molecular formula is C11H15ClN4. The fraction of sp³-hybridized carbons (Fsp3) is 0.545. The van der Waals surface area contributed by atoms with Gasteiger partial charge >= 0.3 is 0 Å². The summed E-state index contributed by atoms with van der Waals surface area (Å²) in [7, 11) is 0. The third-order valence-corrected chi connectivity index (χ3v) is 2.74. The highest BCUT2D eigenvalue weighted by Crippen LogP contribution is 2.20. The second kappa shape index (κ2) is 7.15. The topological polar surface area (TPSA) is 75.6 Å². The van der Waals surface area contributed by atoms with E-state index in [1.54, 1.807) is 0 Å². The summed E-state index contributed by atoms with van der Waals surface area (Å²) >= 11 is 5.83. The Morgan fingerprint density at radius 3 is 2.44 bits per heavy atom. The lowest BCUT2D eigenvalue weighted by Gasteiger charge is -2.21. The van der Waals surface area contributed by atoms with Gasteiger partial charge in [-0.25, -0.2) is 9.97 Å². The summed E-state index contributed by atoms with van der Waals surface area (Å²) < 4.78 is 0. The zero-order valence-corrected chi connectivity index (χ0v) is 9.77. The Hall–Kier alpha value is -1.18. The first-order chi connectivity index (χ1) is 7.72. The van der Waals surface area contributed by atoms with Crippen LogP contribution in [-0.4, -0.2) is 21.4 Å². The molecule has 1 heterocycles. The van der Waals surface area contributed by atoms with Crippen LogP contribution in [0.1, 0.15) is 31.2 Å². The molecule has 0 radical (unpaired) electrons. The molecule has 4 nitrogen and oxygen atoms in total. The maximum absolute atomic E-state index is 8.21. The smallest absolute Gasteiger partial charge is 0.115 e. The quantitative estimate of drug-likeness (QED) is 0.700. The van der Waals surface area contributed by atoms with E-state index in [1.165, 1.54) is 31.6 Å². The summed E-state index contributed by atoms with van der Waals surface area (Å²) in [4.78, 5) is 7.24. The van der Waals surface area contributed by atoms with Crippen LogP contribution >= 0.6 is 11.6 Å². The normalized spacial score (nSPS) is 23.8. The van der Waals surface area contributed by atoms with Crippen LogP contribution in [-0.2, 0) is 0 Å². The van der Waals surface area contributed by atoms with E-state index in [-0.39, 0.29) is 0 Å². The van der Waals surface area contributed by atoms with Gasteiger partial charge in [0.25, 0.3) is 0 Å². The van der Waals surface area contributed by atoms with E-state index in [9.17, 15) is 0 Å². The minimum atomic E-state index is 0.360. The number of rotatable bonds is 0. The molecule has 1 fully saturated rings. The highest BCUT2D eigenvalue weighted by molar-refractivity contribution is 6.20. The van der Waals surface area contributed by atoms with Gasteiger partial charge < -0.3 is 5.73 Å². The van der Waals surface area contributed by atoms with Crippen LogP contribution in [0.15, 0.2) is 18.7 Å². The molecule has 0 amide bonds. The van der Waals surface area contributed by atoms with Crippen molar-refractivity contribution < 1.29 is 0 Å². The van der Waals surface area contributed by atoms with Crippen molar-refractivity contribution in [2.45, 2.75) is 37.1 Å². The van der Waals surface area contributed by atoms with Crippen molar-refractivity contribution in [2.24, 2.45) is 5.73 Å². The van der Waals surface area contributed by atoms with Crippen molar-refractivity contribution >= 4 is 11.6 Å². The maximum Gasteiger partial charge on any atom is 0.115 e. The number of nitrogens with zero attached hydrogens (tertiary/aromatic N) is 3. The first kappa shape index (κ1) is 12.9. The van der Waals surface area contributed by atoms with Crippen molar-refractivity contribution in [1.29, 1.82) is 5.26 Å². The van der Waals surface area contributed by atoms with Crippen LogP contribution in [0.2, 0.25) is 0 Å². The molecule has 1 aliphatic rings. The number of nitrogens with two attached hydrogens (primary N) is 1. The predicted octanol–water partition coefficient (Wildman–Crippen LogP) is 1.84. The molecule has 0 aromatic carbocycles. The van der Waals surface area contributed by atoms with Crippen molar-refractivity contribution in [2.75, 3.05) is 0 Å². The van der Waals surface area contributed by atoms with Crippen molar-refractivity contribution in [1.82, 2.24) is 9.97 Å². The lowest BCUT2D eigenvalue weighted by molar-refractivity contribution is 0.447. The van der Waals surface area contributed by atoms with E-state index in [4.69, 9.17) is 22.6 Å². The summed E-state index contributed by atoms with van der Waals surface area (Å²) in [5.74, 6) is 0. The van der Waals surface area contributed by atoms with Crippen LogP contribution in [0.4, 0.5) is 0 Å². The van der Waals surface area contributed by atoms with Gasteiger partial charge in [-0.05, 0) is 19.3 Å². The number of aromatic nitrogens is 2. The monoisotopic (exact) mass is 238 g/mol. The summed E-state index contributed by atoms with van der Waals surface area (Å²) in [6, 6.07) is 2.28. The fourth-order valence-electron chi connectivity index (χ4n) is 1.52. The molecule has 86 valence electrons. The SMILES string of the molecule is N#Cc1cncnc1.NC1CCCC(Cl)C1. The summed E-state index contributed by atoms with van der Waals surface area (Å²) in [5, 5.41) is 8.57. The van der Waals surface area contributed by atoms with E-state index in [2.05, 4.69) is 9.97 Å². The maximum atomic E-state index is 8.21. The molecule has 1 aromatic heterocycles. The van der Waals surface area contributed by atoms with Crippen LogP contribution < -0.4 is 5.73 Å². The molecule has 2 rings (SSSR count). The molecule has 0 aliphatic heterocycles. The molecular weight excluding hydrogens is 224 g/mol. The van der Waals surface area contributed by atoms with Crippen molar-refractivity contribution in [3.05, 3.63) is 24.3 Å².